The number of ether oxygens (including phenoxy) is 1. The fraction of sp³-hybridized carbons (Fsp3) is 0.200. The van der Waals surface area contributed by atoms with Crippen molar-refractivity contribution in [1.82, 2.24) is 10.2 Å². The van der Waals surface area contributed by atoms with Crippen molar-refractivity contribution in [3.8, 4) is 5.75 Å². The van der Waals surface area contributed by atoms with Gasteiger partial charge in [-0.05, 0) is 57.4 Å². The van der Waals surface area contributed by atoms with Gasteiger partial charge in [0.15, 0.2) is 6.61 Å². The van der Waals surface area contributed by atoms with E-state index in [9.17, 15) is 9.59 Å². The van der Waals surface area contributed by atoms with Crippen LogP contribution in [0.1, 0.15) is 11.1 Å². The first kappa shape index (κ1) is 25.3. The molecule has 0 heterocycles. The van der Waals surface area contributed by atoms with Gasteiger partial charge >= 0.3 is 0 Å². The minimum Gasteiger partial charge on any atom is -0.483 e. The van der Waals surface area contributed by atoms with Gasteiger partial charge in [0.2, 0.25) is 5.91 Å². The van der Waals surface area contributed by atoms with Crippen molar-refractivity contribution in [2.24, 2.45) is 0 Å². The molecule has 0 fully saturated rings. The third-order valence-electron chi connectivity index (χ3n) is 5.00. The Bertz CT molecular complexity index is 1110. The summed E-state index contributed by atoms with van der Waals surface area (Å²) in [6, 6.07) is 21.7. The molecule has 0 aromatic heterocycles. The molecule has 3 rings (SSSR count). The van der Waals surface area contributed by atoms with Gasteiger partial charge in [-0.3, -0.25) is 9.59 Å². The van der Waals surface area contributed by atoms with Gasteiger partial charge in [-0.1, -0.05) is 70.0 Å². The first-order valence-corrected chi connectivity index (χ1v) is 12.2. The lowest BCUT2D eigenvalue weighted by Crippen LogP contribution is -2.51. The van der Waals surface area contributed by atoms with Crippen molar-refractivity contribution >= 4 is 55.3 Å². The van der Waals surface area contributed by atoms with Crippen molar-refractivity contribution < 1.29 is 14.3 Å². The number of nitrogens with zero attached hydrogens (tertiary/aromatic N) is 1. The molecule has 0 aliphatic carbocycles. The highest BCUT2D eigenvalue weighted by atomic mass is 79.9. The fourth-order valence-electron chi connectivity index (χ4n) is 3.37. The van der Waals surface area contributed by atoms with Crippen molar-refractivity contribution in [3.63, 3.8) is 0 Å². The number of rotatable bonds is 9. The first-order valence-electron chi connectivity index (χ1n) is 10.2. The van der Waals surface area contributed by atoms with Gasteiger partial charge in [0, 0.05) is 29.5 Å². The van der Waals surface area contributed by atoms with Crippen LogP contribution >= 0.6 is 43.5 Å². The zero-order chi connectivity index (χ0) is 23.8. The maximum absolute atomic E-state index is 13.4. The predicted octanol–water partition coefficient (Wildman–Crippen LogP) is 5.63. The number of nitrogens with one attached hydrogen (secondary N) is 1. The summed E-state index contributed by atoms with van der Waals surface area (Å²) in [5, 5.41) is 3.26. The molecule has 3 aromatic rings. The van der Waals surface area contributed by atoms with Crippen molar-refractivity contribution in [3.05, 3.63) is 97.9 Å². The van der Waals surface area contributed by atoms with Gasteiger partial charge in [0.05, 0.1) is 4.47 Å². The van der Waals surface area contributed by atoms with Crippen LogP contribution in [0.4, 0.5) is 0 Å². The molecule has 0 aliphatic heterocycles. The zero-order valence-corrected chi connectivity index (χ0v) is 21.9. The smallest absolute Gasteiger partial charge is 0.261 e. The maximum Gasteiger partial charge on any atom is 0.261 e. The molecule has 33 heavy (non-hydrogen) atoms. The molecule has 8 heteroatoms. The third kappa shape index (κ3) is 7.32. The third-order valence-corrected chi connectivity index (χ3v) is 6.35. The summed E-state index contributed by atoms with van der Waals surface area (Å²) in [6.45, 7) is 0.0326. The SMILES string of the molecule is CNC(=O)[C@@H](Cc1ccccc1)N(Cc1cccc(Br)c1)C(=O)COc1ccc(Cl)cc1Br. The highest BCUT2D eigenvalue weighted by molar-refractivity contribution is 9.10. The van der Waals surface area contributed by atoms with Gasteiger partial charge in [-0.25, -0.2) is 0 Å². The van der Waals surface area contributed by atoms with Crippen LogP contribution in [0.25, 0.3) is 0 Å². The van der Waals surface area contributed by atoms with Crippen molar-refractivity contribution in [2.45, 2.75) is 19.0 Å². The summed E-state index contributed by atoms with van der Waals surface area (Å²) in [6.07, 6.45) is 0.380. The van der Waals surface area contributed by atoms with Crippen LogP contribution in [-0.2, 0) is 22.6 Å². The monoisotopic (exact) mass is 592 g/mol. The van der Waals surface area contributed by atoms with Gasteiger partial charge in [0.25, 0.3) is 5.91 Å². The summed E-state index contributed by atoms with van der Waals surface area (Å²) < 4.78 is 7.32. The standard InChI is InChI=1S/C25H23Br2ClN2O3/c1-29-25(32)22(13-17-6-3-2-4-7-17)30(15-18-8-5-9-19(26)12-18)24(31)16-33-23-11-10-20(28)14-21(23)27/h2-12,14,22H,13,15-16H2,1H3,(H,29,32)/t22-/m1/s1. The lowest BCUT2D eigenvalue weighted by atomic mass is 10.0. The Labute approximate surface area is 215 Å². The topological polar surface area (TPSA) is 58.6 Å². The van der Waals surface area contributed by atoms with E-state index in [1.807, 2.05) is 54.6 Å². The molecule has 172 valence electrons. The van der Waals surface area contributed by atoms with E-state index in [2.05, 4.69) is 37.2 Å². The van der Waals surface area contributed by atoms with E-state index in [1.165, 1.54) is 0 Å². The number of carbonyl (C=O) groups excluding carboxylic acids is 2. The molecule has 0 bridgehead atoms. The van der Waals surface area contributed by atoms with Gasteiger partial charge in [-0.2, -0.15) is 0 Å². The van der Waals surface area contributed by atoms with Crippen LogP contribution in [0.2, 0.25) is 5.02 Å². The largest absolute Gasteiger partial charge is 0.483 e. The average Bonchev–Trinajstić information content (AvgIpc) is 2.81. The summed E-state index contributed by atoms with van der Waals surface area (Å²) in [5.41, 5.74) is 1.85. The fourth-order valence-corrected chi connectivity index (χ4v) is 4.61. The Hall–Kier alpha value is -2.35. The number of hydrogen-bond acceptors (Lipinski definition) is 3. The van der Waals surface area contributed by atoms with E-state index in [-0.39, 0.29) is 25.0 Å². The molecule has 0 spiro atoms. The van der Waals surface area contributed by atoms with E-state index in [0.717, 1.165) is 15.6 Å². The van der Waals surface area contributed by atoms with Crippen LogP contribution in [0.5, 0.6) is 5.75 Å². The Kier molecular flexibility index (Phi) is 9.35. The minimum atomic E-state index is -0.707. The van der Waals surface area contributed by atoms with Crippen LogP contribution in [0, 0.1) is 0 Å². The van der Waals surface area contributed by atoms with Gasteiger partial charge < -0.3 is 15.0 Å². The average molecular weight is 595 g/mol. The predicted molar refractivity (Wildman–Crippen MR) is 137 cm³/mol. The molecular formula is C25H23Br2ClN2O3. The summed E-state index contributed by atoms with van der Waals surface area (Å²) in [4.78, 5) is 27.9. The molecule has 3 aromatic carbocycles. The lowest BCUT2D eigenvalue weighted by molar-refractivity contribution is -0.142. The van der Waals surface area contributed by atoms with Crippen LogP contribution in [0.3, 0.4) is 0 Å². The van der Waals surface area contributed by atoms with E-state index in [4.69, 9.17) is 16.3 Å². The van der Waals surface area contributed by atoms with E-state index >= 15 is 0 Å². The number of benzene rings is 3. The number of hydrogen-bond donors (Lipinski definition) is 1. The molecule has 0 saturated carbocycles. The van der Waals surface area contributed by atoms with Gasteiger partial charge in [0.1, 0.15) is 11.8 Å². The summed E-state index contributed by atoms with van der Waals surface area (Å²) in [7, 11) is 1.57. The van der Waals surface area contributed by atoms with Gasteiger partial charge in [-0.15, -0.1) is 0 Å². The second kappa shape index (κ2) is 12.2. The minimum absolute atomic E-state index is 0.226. The Morgan fingerprint density at radius 2 is 1.73 bits per heavy atom. The van der Waals surface area contributed by atoms with E-state index in [0.29, 0.717) is 21.7 Å². The molecule has 0 saturated heterocycles. The molecule has 5 nitrogen and oxygen atoms in total. The first-order chi connectivity index (χ1) is 15.9. The molecular weight excluding hydrogens is 572 g/mol. The zero-order valence-electron chi connectivity index (χ0n) is 17.9. The molecule has 0 unspecified atom stereocenters. The molecule has 0 radical (unpaired) electrons. The van der Waals surface area contributed by atoms with Crippen LogP contribution in [-0.4, -0.2) is 36.4 Å². The van der Waals surface area contributed by atoms with E-state index in [1.54, 1.807) is 30.1 Å². The van der Waals surface area contributed by atoms with E-state index < -0.39 is 6.04 Å². The Morgan fingerprint density at radius 1 is 1.00 bits per heavy atom. The second-order valence-electron chi connectivity index (χ2n) is 7.33. The Balaban J connectivity index is 1.88. The Morgan fingerprint density at radius 3 is 2.39 bits per heavy atom. The second-order valence-corrected chi connectivity index (χ2v) is 9.54. The molecule has 2 amide bonds. The number of likely N-dealkylation sites (N-methyl/N-ethyl adjacent to an activating group) is 1. The highest BCUT2D eigenvalue weighted by Gasteiger charge is 2.30. The summed E-state index contributed by atoms with van der Waals surface area (Å²) >= 11 is 12.9. The lowest BCUT2D eigenvalue weighted by Gasteiger charge is -2.31. The van der Waals surface area contributed by atoms with Crippen LogP contribution in [0.15, 0.2) is 81.7 Å². The number of amides is 2. The maximum atomic E-state index is 13.4. The molecule has 1 atom stereocenters. The molecule has 1 N–H and O–H groups in total. The van der Waals surface area contributed by atoms with Crippen LogP contribution < -0.4 is 10.1 Å². The quantitative estimate of drug-likeness (QED) is 0.350. The highest BCUT2D eigenvalue weighted by Crippen LogP contribution is 2.28. The normalized spacial score (nSPS) is 11.5. The number of carbonyl (C=O) groups is 2. The van der Waals surface area contributed by atoms with Crippen molar-refractivity contribution in [2.75, 3.05) is 13.7 Å². The van der Waals surface area contributed by atoms with Crippen molar-refractivity contribution in [1.29, 1.82) is 0 Å². The molecule has 0 aliphatic rings. The number of halogens is 3. The summed E-state index contributed by atoms with van der Waals surface area (Å²) in [5.74, 6) is -0.0501.